The first-order valence-corrected chi connectivity index (χ1v) is 6.89. The minimum Gasteiger partial charge on any atom is -0.463 e. The normalized spacial score (nSPS) is 11.6. The maximum atomic E-state index is 11.7. The van der Waals surface area contributed by atoms with E-state index in [0.29, 0.717) is 12.3 Å². The van der Waals surface area contributed by atoms with E-state index in [2.05, 4.69) is 9.84 Å². The standard InChI is InChI=1S/C16H18N2O5/c1-10-5-12(7-14(16(20)22-4)23-11(2)19)6-13-8-18(9-21-3)17-15(10)13/h5-8H,9H2,1-4H3/b14-7-. The second-order valence-electron chi connectivity index (χ2n) is 4.96. The molecule has 0 spiro atoms. The van der Waals surface area contributed by atoms with Crippen LogP contribution in [0, 0.1) is 6.92 Å². The molecule has 7 nitrogen and oxygen atoms in total. The molecule has 0 aliphatic rings. The third kappa shape index (κ3) is 3.95. The van der Waals surface area contributed by atoms with Crippen LogP contribution in [0.4, 0.5) is 0 Å². The van der Waals surface area contributed by atoms with Gasteiger partial charge in [-0.2, -0.15) is 5.10 Å². The van der Waals surface area contributed by atoms with Gasteiger partial charge in [-0.05, 0) is 36.3 Å². The number of nitrogens with zero attached hydrogens (tertiary/aromatic N) is 2. The van der Waals surface area contributed by atoms with Crippen molar-refractivity contribution in [3.63, 3.8) is 0 Å². The summed E-state index contributed by atoms with van der Waals surface area (Å²) in [5, 5.41) is 5.31. The van der Waals surface area contributed by atoms with Crippen LogP contribution in [0.2, 0.25) is 0 Å². The summed E-state index contributed by atoms with van der Waals surface area (Å²) >= 11 is 0. The van der Waals surface area contributed by atoms with Gasteiger partial charge in [0.15, 0.2) is 0 Å². The molecule has 0 amide bonds. The number of aromatic nitrogens is 2. The quantitative estimate of drug-likeness (QED) is 0.477. The van der Waals surface area contributed by atoms with Crippen molar-refractivity contribution in [2.45, 2.75) is 20.6 Å². The van der Waals surface area contributed by atoms with E-state index >= 15 is 0 Å². The van der Waals surface area contributed by atoms with Crippen molar-refractivity contribution >= 4 is 28.9 Å². The highest BCUT2D eigenvalue weighted by Crippen LogP contribution is 2.21. The summed E-state index contributed by atoms with van der Waals surface area (Å²) in [4.78, 5) is 22.8. The number of carbonyl (C=O) groups is 2. The lowest BCUT2D eigenvalue weighted by molar-refractivity contribution is -0.148. The maximum absolute atomic E-state index is 11.7. The molecule has 0 unspecified atom stereocenters. The van der Waals surface area contributed by atoms with E-state index in [4.69, 9.17) is 9.47 Å². The monoisotopic (exact) mass is 318 g/mol. The first kappa shape index (κ1) is 16.7. The number of hydrogen-bond acceptors (Lipinski definition) is 6. The van der Waals surface area contributed by atoms with E-state index in [0.717, 1.165) is 16.5 Å². The molecule has 0 radical (unpaired) electrons. The Kier molecular flexibility index (Phi) is 5.13. The molecular formula is C16H18N2O5. The van der Waals surface area contributed by atoms with Gasteiger partial charge in [-0.25, -0.2) is 9.48 Å². The number of esters is 2. The predicted octanol–water partition coefficient (Wildman–Crippen LogP) is 2.03. The SMILES string of the molecule is COCn1cc2cc(/C=C(\OC(C)=O)C(=O)OC)cc(C)c2n1. The molecule has 0 saturated carbocycles. The lowest BCUT2D eigenvalue weighted by Crippen LogP contribution is -2.11. The average Bonchev–Trinajstić information content (AvgIpc) is 2.89. The zero-order valence-electron chi connectivity index (χ0n) is 13.5. The number of carbonyl (C=O) groups excluding carboxylic acids is 2. The van der Waals surface area contributed by atoms with Crippen molar-refractivity contribution in [2.24, 2.45) is 0 Å². The fourth-order valence-corrected chi connectivity index (χ4v) is 2.21. The summed E-state index contributed by atoms with van der Waals surface area (Å²) in [6, 6.07) is 3.69. The molecule has 0 bridgehead atoms. The summed E-state index contributed by atoms with van der Waals surface area (Å²) in [6.07, 6.45) is 3.31. The number of methoxy groups -OCH3 is 2. The molecule has 23 heavy (non-hydrogen) atoms. The van der Waals surface area contributed by atoms with Crippen LogP contribution >= 0.6 is 0 Å². The third-order valence-corrected chi connectivity index (χ3v) is 3.07. The number of benzene rings is 1. The molecule has 7 heteroatoms. The predicted molar refractivity (Wildman–Crippen MR) is 83.2 cm³/mol. The molecule has 0 fully saturated rings. The van der Waals surface area contributed by atoms with Gasteiger partial charge in [0.25, 0.3) is 0 Å². The molecule has 2 rings (SSSR count). The zero-order chi connectivity index (χ0) is 17.0. The van der Waals surface area contributed by atoms with Crippen LogP contribution in [0.3, 0.4) is 0 Å². The van der Waals surface area contributed by atoms with Crippen molar-refractivity contribution in [1.29, 1.82) is 0 Å². The Hall–Kier alpha value is -2.67. The lowest BCUT2D eigenvalue weighted by atomic mass is 10.1. The van der Waals surface area contributed by atoms with Crippen LogP contribution < -0.4 is 0 Å². The highest BCUT2D eigenvalue weighted by molar-refractivity contribution is 5.95. The largest absolute Gasteiger partial charge is 0.463 e. The molecule has 2 aromatic rings. The van der Waals surface area contributed by atoms with Gasteiger partial charge in [-0.3, -0.25) is 4.79 Å². The Morgan fingerprint density at radius 1 is 1.30 bits per heavy atom. The Labute approximate surface area is 133 Å². The summed E-state index contributed by atoms with van der Waals surface area (Å²) in [5.41, 5.74) is 2.47. The van der Waals surface area contributed by atoms with Crippen molar-refractivity contribution < 1.29 is 23.8 Å². The zero-order valence-corrected chi connectivity index (χ0v) is 13.5. The molecule has 0 aliphatic carbocycles. The molecule has 0 aliphatic heterocycles. The van der Waals surface area contributed by atoms with E-state index in [9.17, 15) is 9.59 Å². The van der Waals surface area contributed by atoms with Crippen molar-refractivity contribution in [3.8, 4) is 0 Å². The Morgan fingerprint density at radius 3 is 2.65 bits per heavy atom. The van der Waals surface area contributed by atoms with Crippen LogP contribution in [0.5, 0.6) is 0 Å². The maximum Gasteiger partial charge on any atom is 0.374 e. The Bertz CT molecular complexity index is 776. The van der Waals surface area contributed by atoms with Crippen molar-refractivity contribution in [2.75, 3.05) is 14.2 Å². The van der Waals surface area contributed by atoms with E-state index in [1.165, 1.54) is 20.1 Å². The van der Waals surface area contributed by atoms with Crippen LogP contribution in [-0.4, -0.2) is 35.9 Å². The average molecular weight is 318 g/mol. The molecule has 122 valence electrons. The van der Waals surface area contributed by atoms with E-state index in [-0.39, 0.29) is 5.76 Å². The van der Waals surface area contributed by atoms with E-state index < -0.39 is 11.9 Å². The number of aryl methyl sites for hydroxylation is 1. The molecule has 1 aromatic carbocycles. The topological polar surface area (TPSA) is 79.7 Å². The van der Waals surface area contributed by atoms with Gasteiger partial charge in [0.1, 0.15) is 6.73 Å². The van der Waals surface area contributed by atoms with E-state index in [1.54, 1.807) is 11.8 Å². The summed E-state index contributed by atoms with van der Waals surface area (Å²) in [5.74, 6) is -1.47. The smallest absolute Gasteiger partial charge is 0.374 e. The highest BCUT2D eigenvalue weighted by atomic mass is 16.6. The molecular weight excluding hydrogens is 300 g/mol. The van der Waals surface area contributed by atoms with Crippen molar-refractivity contribution in [1.82, 2.24) is 9.78 Å². The van der Waals surface area contributed by atoms with Gasteiger partial charge in [0, 0.05) is 25.6 Å². The minimum absolute atomic E-state index is 0.164. The minimum atomic E-state index is -0.715. The second kappa shape index (κ2) is 7.06. The van der Waals surface area contributed by atoms with Crippen molar-refractivity contribution in [3.05, 3.63) is 35.2 Å². The van der Waals surface area contributed by atoms with Gasteiger partial charge >= 0.3 is 11.9 Å². The lowest BCUT2D eigenvalue weighted by Gasteiger charge is -2.05. The Morgan fingerprint density at radius 2 is 2.04 bits per heavy atom. The first-order chi connectivity index (χ1) is 10.9. The van der Waals surface area contributed by atoms with Crippen LogP contribution in [0.1, 0.15) is 18.1 Å². The van der Waals surface area contributed by atoms with Crippen LogP contribution in [0.25, 0.3) is 17.0 Å². The van der Waals surface area contributed by atoms with Gasteiger partial charge in [-0.1, -0.05) is 0 Å². The molecule has 1 aromatic heterocycles. The Balaban J connectivity index is 2.46. The second-order valence-corrected chi connectivity index (χ2v) is 4.96. The number of rotatable bonds is 5. The molecule has 1 heterocycles. The summed E-state index contributed by atoms with van der Waals surface area (Å²) in [7, 11) is 2.82. The van der Waals surface area contributed by atoms with Gasteiger partial charge in [0.05, 0.1) is 12.6 Å². The molecule has 0 saturated heterocycles. The fraction of sp³-hybridized carbons (Fsp3) is 0.312. The molecule has 0 atom stereocenters. The van der Waals surface area contributed by atoms with Crippen LogP contribution in [0.15, 0.2) is 24.1 Å². The summed E-state index contributed by atoms with van der Waals surface area (Å²) < 4.78 is 16.3. The first-order valence-electron chi connectivity index (χ1n) is 6.89. The number of fused-ring (bicyclic) bond motifs is 1. The van der Waals surface area contributed by atoms with Gasteiger partial charge in [-0.15, -0.1) is 0 Å². The van der Waals surface area contributed by atoms with Gasteiger partial charge in [0.2, 0.25) is 5.76 Å². The highest BCUT2D eigenvalue weighted by Gasteiger charge is 2.14. The van der Waals surface area contributed by atoms with Gasteiger partial charge < -0.3 is 14.2 Å². The third-order valence-electron chi connectivity index (χ3n) is 3.07. The van der Waals surface area contributed by atoms with E-state index in [1.807, 2.05) is 25.3 Å². The number of ether oxygens (including phenoxy) is 3. The number of hydrogen-bond donors (Lipinski definition) is 0. The summed E-state index contributed by atoms with van der Waals surface area (Å²) in [6.45, 7) is 3.48. The fourth-order valence-electron chi connectivity index (χ4n) is 2.21. The van der Waals surface area contributed by atoms with Crippen LogP contribution in [-0.2, 0) is 30.5 Å². The molecule has 0 N–H and O–H groups in total.